The zero-order chi connectivity index (χ0) is 49.3. The van der Waals surface area contributed by atoms with E-state index in [4.69, 9.17) is 8.83 Å². The van der Waals surface area contributed by atoms with Gasteiger partial charge in [-0.1, -0.05) is 152 Å². The molecule has 4 aliphatic carbocycles. The number of hydrogen-bond acceptors (Lipinski definition) is 3. The van der Waals surface area contributed by atoms with E-state index >= 15 is 0 Å². The first-order chi connectivity index (χ1) is 34.5. The summed E-state index contributed by atoms with van der Waals surface area (Å²) in [4.78, 5) is 2.57. The fraction of sp³-hybridized carbons (Fsp3) is 0.217. The second-order valence-corrected chi connectivity index (χ2v) is 23.8. The normalized spacial score (nSPS) is 16.4. The van der Waals surface area contributed by atoms with E-state index in [0.29, 0.717) is 0 Å². The van der Waals surface area contributed by atoms with Crippen LogP contribution >= 0.6 is 0 Å². The van der Waals surface area contributed by atoms with Crippen LogP contribution in [0.1, 0.15) is 117 Å². The Hall–Kier alpha value is -7.62. The van der Waals surface area contributed by atoms with E-state index in [-0.39, 0.29) is 21.7 Å². The molecule has 0 saturated heterocycles. The molecule has 2 heterocycles. The second kappa shape index (κ2) is 13.5. The summed E-state index contributed by atoms with van der Waals surface area (Å²) in [6, 6.07) is 55.1. The molecule has 0 unspecified atom stereocenters. The van der Waals surface area contributed by atoms with E-state index in [2.05, 4.69) is 227 Å². The van der Waals surface area contributed by atoms with Crippen molar-refractivity contribution >= 4 is 60.9 Å². The lowest BCUT2D eigenvalue weighted by atomic mass is 9.72. The molecule has 0 bridgehead atoms. The third-order valence-electron chi connectivity index (χ3n) is 18.2. The summed E-state index contributed by atoms with van der Waals surface area (Å²) < 4.78 is 13.5. The van der Waals surface area contributed by atoms with Crippen molar-refractivity contribution in [1.29, 1.82) is 0 Å². The lowest BCUT2D eigenvalue weighted by molar-refractivity contribution is 0.600. The number of rotatable bonds is 3. The first kappa shape index (κ1) is 42.1. The van der Waals surface area contributed by atoms with Crippen LogP contribution in [-0.4, -0.2) is 0 Å². The highest BCUT2D eigenvalue weighted by molar-refractivity contribution is 6.21. The third-order valence-corrected chi connectivity index (χ3v) is 18.2. The highest BCUT2D eigenvalue weighted by Gasteiger charge is 2.49. The highest BCUT2D eigenvalue weighted by Crippen LogP contribution is 2.64. The quantitative estimate of drug-likeness (QED) is 0.177. The summed E-state index contributed by atoms with van der Waals surface area (Å²) in [5.74, 6) is 0. The van der Waals surface area contributed by atoms with Crippen molar-refractivity contribution in [3.05, 3.63) is 207 Å². The smallest absolute Gasteiger partial charge is 0.144 e. The van der Waals surface area contributed by atoms with Crippen molar-refractivity contribution in [1.82, 2.24) is 0 Å². The largest absolute Gasteiger partial charge is 0.456 e. The van der Waals surface area contributed by atoms with Crippen LogP contribution in [0.25, 0.3) is 88.4 Å². The van der Waals surface area contributed by atoms with Gasteiger partial charge in [-0.25, -0.2) is 0 Å². The predicted molar refractivity (Wildman–Crippen MR) is 300 cm³/mol. The molecule has 0 saturated carbocycles. The minimum absolute atomic E-state index is 0.173. The highest BCUT2D eigenvalue weighted by atomic mass is 16.3. The van der Waals surface area contributed by atoms with Gasteiger partial charge < -0.3 is 13.7 Å². The molecular weight excluding hydrogens is 875 g/mol. The molecule has 72 heavy (non-hydrogen) atoms. The molecule has 3 nitrogen and oxygen atoms in total. The van der Waals surface area contributed by atoms with Crippen LogP contribution in [0.5, 0.6) is 0 Å². The van der Waals surface area contributed by atoms with E-state index in [9.17, 15) is 0 Å². The molecule has 2 aromatic heterocycles. The van der Waals surface area contributed by atoms with E-state index < -0.39 is 0 Å². The maximum Gasteiger partial charge on any atom is 0.144 e. The lowest BCUT2D eigenvalue weighted by Crippen LogP contribution is -2.24. The standard InChI is InChI=1S/C69H57NO2/c1-36-30-37(2)64(38(3)31-36)70(39-24-26-41-46-34-53-47(35-52(46)67(6,7)50(41)32-39)57-49(66(53,4)5)28-29-56-58(57)44-19-13-16-22-54(44)71-56)40-25-27-43-51(33-40)69(10,11)62-59(43)60-45-20-14-17-23-55(45)72-65(60)61-42-18-12-15-21-48(42)68(8,9)63(61)62/h12-35H,1-11H3. The van der Waals surface area contributed by atoms with Crippen molar-refractivity contribution in [3.63, 3.8) is 0 Å². The minimum atomic E-state index is -0.317. The van der Waals surface area contributed by atoms with Crippen LogP contribution in [0, 0.1) is 20.8 Å². The summed E-state index contributed by atoms with van der Waals surface area (Å²) >= 11 is 0. The Labute approximate surface area is 421 Å². The molecule has 0 atom stereocenters. The van der Waals surface area contributed by atoms with Gasteiger partial charge >= 0.3 is 0 Å². The van der Waals surface area contributed by atoms with Crippen LogP contribution < -0.4 is 4.90 Å². The van der Waals surface area contributed by atoms with Crippen molar-refractivity contribution in [2.24, 2.45) is 0 Å². The monoisotopic (exact) mass is 931 g/mol. The van der Waals surface area contributed by atoms with E-state index in [1.54, 1.807) is 0 Å². The summed E-state index contributed by atoms with van der Waals surface area (Å²) in [6.45, 7) is 26.2. The van der Waals surface area contributed by atoms with Crippen LogP contribution in [0.15, 0.2) is 154 Å². The number of para-hydroxylation sites is 2. The fourth-order valence-electron chi connectivity index (χ4n) is 15.0. The number of fused-ring (bicyclic) bond motifs is 22. The SMILES string of the molecule is Cc1cc(C)c(N(c2ccc3c(c2)C(C)(C)c2cc4c(cc2-3)C(C)(C)c2ccc3oc5ccccc5c3c2-4)c2ccc3c(c2)C(C)(C)c2c4c(c5oc6ccccc6c5c2-3)-c2ccccc2C4(C)C)c(C)c1. The zero-order valence-electron chi connectivity index (χ0n) is 43.1. The summed E-state index contributed by atoms with van der Waals surface area (Å²) in [5, 5.41) is 4.82. The van der Waals surface area contributed by atoms with Gasteiger partial charge in [-0.05, 0) is 170 Å². The van der Waals surface area contributed by atoms with Crippen LogP contribution in [0.4, 0.5) is 17.1 Å². The summed E-state index contributed by atoms with van der Waals surface area (Å²) in [6.07, 6.45) is 0. The molecule has 350 valence electrons. The fourth-order valence-corrected chi connectivity index (χ4v) is 15.0. The number of furan rings is 2. The molecule has 4 aliphatic rings. The van der Waals surface area contributed by atoms with E-state index in [1.807, 2.05) is 0 Å². The molecule has 15 rings (SSSR count). The molecule has 11 aromatic rings. The van der Waals surface area contributed by atoms with Crippen molar-refractivity contribution in [2.75, 3.05) is 4.90 Å². The third kappa shape index (κ3) is 5.02. The van der Waals surface area contributed by atoms with Gasteiger partial charge in [0.1, 0.15) is 22.3 Å². The van der Waals surface area contributed by atoms with Crippen molar-refractivity contribution < 1.29 is 8.83 Å². The predicted octanol–water partition coefficient (Wildman–Crippen LogP) is 19.1. The Morgan fingerprint density at radius 2 is 0.889 bits per heavy atom. The zero-order valence-corrected chi connectivity index (χ0v) is 43.1. The Morgan fingerprint density at radius 3 is 1.61 bits per heavy atom. The molecular formula is C69H57NO2. The second-order valence-electron chi connectivity index (χ2n) is 23.8. The maximum atomic E-state index is 7.01. The molecule has 0 aliphatic heterocycles. The van der Waals surface area contributed by atoms with Gasteiger partial charge in [-0.3, -0.25) is 0 Å². The summed E-state index contributed by atoms with van der Waals surface area (Å²) in [7, 11) is 0. The average Bonchev–Trinajstić information content (AvgIpc) is 4.14. The summed E-state index contributed by atoms with van der Waals surface area (Å²) in [5.41, 5.74) is 31.8. The van der Waals surface area contributed by atoms with Gasteiger partial charge in [-0.2, -0.15) is 0 Å². The van der Waals surface area contributed by atoms with E-state index in [1.165, 1.54) is 144 Å². The van der Waals surface area contributed by atoms with Gasteiger partial charge in [0.15, 0.2) is 0 Å². The van der Waals surface area contributed by atoms with Gasteiger partial charge in [0.25, 0.3) is 0 Å². The molecule has 3 heteroatoms. The number of hydrogen-bond donors (Lipinski definition) is 0. The molecule has 0 spiro atoms. The van der Waals surface area contributed by atoms with Gasteiger partial charge in [0.05, 0.1) is 5.69 Å². The molecule has 0 N–H and O–H groups in total. The lowest BCUT2D eigenvalue weighted by Gasteiger charge is -2.33. The number of nitrogens with zero attached hydrogens (tertiary/aromatic N) is 1. The van der Waals surface area contributed by atoms with Crippen LogP contribution in [0.3, 0.4) is 0 Å². The van der Waals surface area contributed by atoms with Crippen molar-refractivity contribution in [2.45, 2.75) is 97.8 Å². The topological polar surface area (TPSA) is 29.5 Å². The number of benzene rings is 9. The number of aryl methyl sites for hydroxylation is 3. The first-order valence-corrected chi connectivity index (χ1v) is 25.9. The Morgan fingerprint density at radius 1 is 0.361 bits per heavy atom. The Balaban J connectivity index is 0.929. The average molecular weight is 932 g/mol. The maximum absolute atomic E-state index is 7.01. The van der Waals surface area contributed by atoms with E-state index in [0.717, 1.165) is 22.3 Å². The minimum Gasteiger partial charge on any atom is -0.456 e. The van der Waals surface area contributed by atoms with Gasteiger partial charge in [-0.15, -0.1) is 0 Å². The molecule has 0 amide bonds. The molecule has 0 fully saturated rings. The Kier molecular flexibility index (Phi) is 7.87. The van der Waals surface area contributed by atoms with Crippen LogP contribution in [0.2, 0.25) is 0 Å². The van der Waals surface area contributed by atoms with Crippen LogP contribution in [-0.2, 0) is 21.7 Å². The number of anilines is 3. The van der Waals surface area contributed by atoms with Gasteiger partial charge in [0.2, 0.25) is 0 Å². The molecule has 9 aromatic carbocycles. The Bertz CT molecular complexity index is 4290. The van der Waals surface area contributed by atoms with Gasteiger partial charge in [0, 0.05) is 60.1 Å². The molecule has 0 radical (unpaired) electrons. The van der Waals surface area contributed by atoms with Crippen molar-refractivity contribution in [3.8, 4) is 44.5 Å². The first-order valence-electron chi connectivity index (χ1n) is 25.9.